The number of rotatable bonds is 4. The molecule has 1 aliphatic heterocycles. The summed E-state index contributed by atoms with van der Waals surface area (Å²) in [7, 11) is 1.95. The Morgan fingerprint density at radius 2 is 2.50 bits per heavy atom. The molecule has 0 saturated carbocycles. The van der Waals surface area contributed by atoms with Crippen LogP contribution in [0.15, 0.2) is 18.5 Å². The van der Waals surface area contributed by atoms with E-state index in [1.807, 2.05) is 24.2 Å². The summed E-state index contributed by atoms with van der Waals surface area (Å²) in [6.45, 7) is 3.11. The third kappa shape index (κ3) is 2.61. The molecule has 1 N–H and O–H groups in total. The number of likely N-dealkylation sites (tertiary alicyclic amines) is 1. The van der Waals surface area contributed by atoms with Gasteiger partial charge in [-0.3, -0.25) is 9.48 Å². The third-order valence-corrected chi connectivity index (χ3v) is 2.99. The van der Waals surface area contributed by atoms with Crippen molar-refractivity contribution in [2.75, 3.05) is 26.7 Å². The molecule has 0 aromatic carbocycles. The Balaban J connectivity index is 1.83. The van der Waals surface area contributed by atoms with Crippen LogP contribution in [0, 0.1) is 5.92 Å². The number of hydrogen-bond acceptors (Lipinski definition) is 3. The van der Waals surface area contributed by atoms with Gasteiger partial charge in [0.15, 0.2) is 0 Å². The molecule has 1 atom stereocenters. The second-order valence-electron chi connectivity index (χ2n) is 4.26. The topological polar surface area (TPSA) is 50.2 Å². The highest BCUT2D eigenvalue weighted by Gasteiger charge is 2.25. The van der Waals surface area contributed by atoms with Crippen LogP contribution in [0.3, 0.4) is 0 Å². The van der Waals surface area contributed by atoms with E-state index in [9.17, 15) is 4.79 Å². The second kappa shape index (κ2) is 5.12. The van der Waals surface area contributed by atoms with Gasteiger partial charge in [-0.25, -0.2) is 0 Å². The van der Waals surface area contributed by atoms with E-state index in [2.05, 4.69) is 10.4 Å². The molecule has 0 aliphatic carbocycles. The lowest BCUT2D eigenvalue weighted by atomic mass is 10.1. The van der Waals surface area contributed by atoms with E-state index >= 15 is 0 Å². The Labute approximate surface area is 95.4 Å². The lowest BCUT2D eigenvalue weighted by Crippen LogP contribution is -2.33. The van der Waals surface area contributed by atoms with Crippen LogP contribution in [0.4, 0.5) is 0 Å². The fourth-order valence-corrected chi connectivity index (χ4v) is 2.15. The van der Waals surface area contributed by atoms with Crippen molar-refractivity contribution in [3.8, 4) is 0 Å². The molecule has 2 rings (SSSR count). The van der Waals surface area contributed by atoms with Gasteiger partial charge in [-0.05, 0) is 32.0 Å². The third-order valence-electron chi connectivity index (χ3n) is 2.99. The molecule has 0 bridgehead atoms. The Morgan fingerprint density at radius 3 is 3.19 bits per heavy atom. The highest BCUT2D eigenvalue weighted by atomic mass is 16.2. The first-order valence-electron chi connectivity index (χ1n) is 5.69. The van der Waals surface area contributed by atoms with Gasteiger partial charge in [0.05, 0.1) is 0 Å². The van der Waals surface area contributed by atoms with Crippen LogP contribution in [0.5, 0.6) is 0 Å². The van der Waals surface area contributed by atoms with Gasteiger partial charge in [0.25, 0.3) is 0 Å². The molecule has 1 unspecified atom stereocenters. The minimum atomic E-state index is 0.169. The van der Waals surface area contributed by atoms with Crippen LogP contribution in [0.25, 0.3) is 0 Å². The zero-order valence-corrected chi connectivity index (χ0v) is 9.59. The van der Waals surface area contributed by atoms with Crippen molar-refractivity contribution in [3.63, 3.8) is 0 Å². The standard InChI is InChI=1S/C11H18N4O/c1-12-7-10-3-6-14(8-10)11(16)9-15-5-2-4-13-15/h2,4-5,10,12H,3,6-9H2,1H3. The molecule has 16 heavy (non-hydrogen) atoms. The van der Waals surface area contributed by atoms with Gasteiger partial charge in [-0.15, -0.1) is 0 Å². The van der Waals surface area contributed by atoms with Gasteiger partial charge in [-0.2, -0.15) is 5.10 Å². The first kappa shape index (κ1) is 11.1. The molecule has 0 spiro atoms. The van der Waals surface area contributed by atoms with E-state index in [1.165, 1.54) is 0 Å². The fraction of sp³-hybridized carbons (Fsp3) is 0.636. The minimum Gasteiger partial charge on any atom is -0.341 e. The van der Waals surface area contributed by atoms with Crippen LogP contribution in [0.2, 0.25) is 0 Å². The number of nitrogens with zero attached hydrogens (tertiary/aromatic N) is 3. The summed E-state index contributed by atoms with van der Waals surface area (Å²) in [6.07, 6.45) is 4.62. The van der Waals surface area contributed by atoms with Crippen LogP contribution in [-0.4, -0.2) is 47.3 Å². The fourth-order valence-electron chi connectivity index (χ4n) is 2.15. The smallest absolute Gasteiger partial charge is 0.244 e. The number of amides is 1. The molecule has 2 heterocycles. The lowest BCUT2D eigenvalue weighted by Gasteiger charge is -2.16. The lowest BCUT2D eigenvalue weighted by molar-refractivity contribution is -0.131. The summed E-state index contributed by atoms with van der Waals surface area (Å²) in [5.41, 5.74) is 0. The van der Waals surface area contributed by atoms with E-state index in [0.717, 1.165) is 26.1 Å². The van der Waals surface area contributed by atoms with Gasteiger partial charge in [0.1, 0.15) is 6.54 Å². The van der Waals surface area contributed by atoms with Crippen molar-refractivity contribution >= 4 is 5.91 Å². The summed E-state index contributed by atoms with van der Waals surface area (Å²) in [4.78, 5) is 13.8. The van der Waals surface area contributed by atoms with Crippen molar-refractivity contribution in [3.05, 3.63) is 18.5 Å². The molecule has 1 saturated heterocycles. The molecular formula is C11H18N4O. The van der Waals surface area contributed by atoms with E-state index < -0.39 is 0 Å². The zero-order valence-electron chi connectivity index (χ0n) is 9.59. The summed E-state index contributed by atoms with van der Waals surface area (Å²) < 4.78 is 1.67. The van der Waals surface area contributed by atoms with Gasteiger partial charge in [0, 0.05) is 25.5 Å². The summed E-state index contributed by atoms with van der Waals surface area (Å²) in [5.74, 6) is 0.772. The molecule has 5 heteroatoms. The van der Waals surface area contributed by atoms with Crippen LogP contribution >= 0.6 is 0 Å². The Hall–Kier alpha value is -1.36. The predicted octanol–water partition coefficient (Wildman–Crippen LogP) is -0.0490. The molecule has 1 aromatic rings. The molecule has 1 aliphatic rings. The Morgan fingerprint density at radius 1 is 1.62 bits per heavy atom. The van der Waals surface area contributed by atoms with Crippen molar-refractivity contribution < 1.29 is 4.79 Å². The largest absolute Gasteiger partial charge is 0.341 e. The molecule has 5 nitrogen and oxygen atoms in total. The van der Waals surface area contributed by atoms with Crippen molar-refractivity contribution in [2.45, 2.75) is 13.0 Å². The maximum atomic E-state index is 11.9. The van der Waals surface area contributed by atoms with E-state index in [-0.39, 0.29) is 5.91 Å². The van der Waals surface area contributed by atoms with E-state index in [0.29, 0.717) is 12.5 Å². The maximum absolute atomic E-state index is 11.9. The maximum Gasteiger partial charge on any atom is 0.244 e. The molecule has 1 aromatic heterocycles. The summed E-state index contributed by atoms with van der Waals surface area (Å²) in [5, 5.41) is 7.20. The molecule has 1 amide bonds. The van der Waals surface area contributed by atoms with E-state index in [1.54, 1.807) is 10.9 Å². The zero-order chi connectivity index (χ0) is 11.4. The van der Waals surface area contributed by atoms with Gasteiger partial charge < -0.3 is 10.2 Å². The van der Waals surface area contributed by atoms with E-state index in [4.69, 9.17) is 0 Å². The molecule has 0 radical (unpaired) electrons. The van der Waals surface area contributed by atoms with Gasteiger partial charge in [-0.1, -0.05) is 0 Å². The summed E-state index contributed by atoms with van der Waals surface area (Å²) >= 11 is 0. The number of nitrogens with one attached hydrogen (secondary N) is 1. The normalized spacial score (nSPS) is 20.3. The Kier molecular flexibility index (Phi) is 3.56. The predicted molar refractivity (Wildman–Crippen MR) is 60.8 cm³/mol. The first-order valence-corrected chi connectivity index (χ1v) is 5.69. The quantitative estimate of drug-likeness (QED) is 0.777. The second-order valence-corrected chi connectivity index (χ2v) is 4.26. The van der Waals surface area contributed by atoms with Crippen LogP contribution in [0.1, 0.15) is 6.42 Å². The first-order chi connectivity index (χ1) is 7.79. The number of hydrogen-bond donors (Lipinski definition) is 1. The van der Waals surface area contributed by atoms with Gasteiger partial charge in [0.2, 0.25) is 5.91 Å². The number of aromatic nitrogens is 2. The average molecular weight is 222 g/mol. The highest BCUT2D eigenvalue weighted by molar-refractivity contribution is 5.76. The minimum absolute atomic E-state index is 0.169. The van der Waals surface area contributed by atoms with Crippen molar-refractivity contribution in [1.82, 2.24) is 20.0 Å². The average Bonchev–Trinajstić information content (AvgIpc) is 2.89. The van der Waals surface area contributed by atoms with Crippen molar-refractivity contribution in [1.29, 1.82) is 0 Å². The molecule has 1 fully saturated rings. The summed E-state index contributed by atoms with van der Waals surface area (Å²) in [6, 6.07) is 1.83. The SMILES string of the molecule is CNCC1CCN(C(=O)Cn2cccn2)C1. The highest BCUT2D eigenvalue weighted by Crippen LogP contribution is 2.15. The monoisotopic (exact) mass is 222 g/mol. The number of carbonyl (C=O) groups excluding carboxylic acids is 1. The van der Waals surface area contributed by atoms with Crippen LogP contribution < -0.4 is 5.32 Å². The number of carbonyl (C=O) groups is 1. The molecule has 88 valence electrons. The van der Waals surface area contributed by atoms with Crippen molar-refractivity contribution in [2.24, 2.45) is 5.92 Å². The van der Waals surface area contributed by atoms with Gasteiger partial charge >= 0.3 is 0 Å². The Bertz CT molecular complexity index is 336. The van der Waals surface area contributed by atoms with Crippen LogP contribution in [-0.2, 0) is 11.3 Å². The molecular weight excluding hydrogens is 204 g/mol.